The van der Waals surface area contributed by atoms with E-state index < -0.39 is 10.0 Å². The Labute approximate surface area is 156 Å². The summed E-state index contributed by atoms with van der Waals surface area (Å²) in [6.45, 7) is 1.99. The number of benzene rings is 1. The minimum atomic E-state index is -3.59. The second-order valence-electron chi connectivity index (χ2n) is 5.47. The summed E-state index contributed by atoms with van der Waals surface area (Å²) < 4.78 is 32.8. The fourth-order valence-corrected chi connectivity index (χ4v) is 4.59. The molecule has 2 heterocycles. The molecular weight excluding hydrogens is 370 g/mol. The fraction of sp³-hybridized carbons (Fsp3) is 0.167. The van der Waals surface area contributed by atoms with Crippen LogP contribution in [0.3, 0.4) is 0 Å². The summed E-state index contributed by atoms with van der Waals surface area (Å²) in [6, 6.07) is 14.3. The number of thiophene rings is 1. The highest BCUT2D eigenvalue weighted by molar-refractivity contribution is 7.94. The van der Waals surface area contributed by atoms with Crippen molar-refractivity contribution in [2.45, 2.75) is 17.6 Å². The number of ether oxygens (including phenoxy) is 1. The minimum absolute atomic E-state index is 0.301. The van der Waals surface area contributed by atoms with Gasteiger partial charge in [-0.1, -0.05) is 6.92 Å². The van der Waals surface area contributed by atoms with E-state index in [1.165, 1.54) is 17.5 Å². The molecule has 0 amide bonds. The Balaban J connectivity index is 1.68. The second kappa shape index (κ2) is 7.76. The predicted molar refractivity (Wildman–Crippen MR) is 105 cm³/mol. The molecule has 3 rings (SSSR count). The molecule has 26 heavy (non-hydrogen) atoms. The lowest BCUT2D eigenvalue weighted by atomic mass is 10.3. The van der Waals surface area contributed by atoms with E-state index in [1.54, 1.807) is 25.3 Å². The zero-order chi connectivity index (χ0) is 18.6. The third-order valence-corrected chi connectivity index (χ3v) is 6.73. The molecule has 2 N–H and O–H groups in total. The SMILES string of the molecule is CCc1ccc(S(=O)(=O)Nc2ccc(Nc3ccc(OC)cc3)nc2)s1. The van der Waals surface area contributed by atoms with Gasteiger partial charge in [0.2, 0.25) is 0 Å². The second-order valence-corrected chi connectivity index (χ2v) is 8.54. The molecule has 0 saturated heterocycles. The number of aryl methyl sites for hydroxylation is 1. The number of rotatable bonds is 7. The van der Waals surface area contributed by atoms with Crippen LogP contribution in [-0.4, -0.2) is 20.5 Å². The molecule has 0 radical (unpaired) electrons. The number of nitrogens with zero attached hydrogens (tertiary/aromatic N) is 1. The highest BCUT2D eigenvalue weighted by atomic mass is 32.2. The van der Waals surface area contributed by atoms with E-state index in [9.17, 15) is 8.42 Å². The molecule has 0 atom stereocenters. The highest BCUT2D eigenvalue weighted by Crippen LogP contribution is 2.25. The first-order valence-electron chi connectivity index (χ1n) is 7.99. The normalized spacial score (nSPS) is 11.2. The van der Waals surface area contributed by atoms with Crippen LogP contribution in [0.2, 0.25) is 0 Å². The molecule has 0 spiro atoms. The molecule has 0 fully saturated rings. The lowest BCUT2D eigenvalue weighted by Crippen LogP contribution is -2.11. The van der Waals surface area contributed by atoms with E-state index in [0.29, 0.717) is 15.7 Å². The average molecular weight is 390 g/mol. The molecule has 1 aromatic carbocycles. The van der Waals surface area contributed by atoms with Crippen LogP contribution in [0.4, 0.5) is 17.2 Å². The Morgan fingerprint density at radius 2 is 1.77 bits per heavy atom. The van der Waals surface area contributed by atoms with Crippen molar-refractivity contribution in [1.82, 2.24) is 4.98 Å². The van der Waals surface area contributed by atoms with Crippen LogP contribution in [0.5, 0.6) is 5.75 Å². The van der Waals surface area contributed by atoms with Crippen LogP contribution in [0.1, 0.15) is 11.8 Å². The third kappa shape index (κ3) is 4.33. The van der Waals surface area contributed by atoms with E-state index in [1.807, 2.05) is 37.3 Å². The van der Waals surface area contributed by atoms with Gasteiger partial charge in [-0.15, -0.1) is 11.3 Å². The van der Waals surface area contributed by atoms with E-state index in [-0.39, 0.29) is 0 Å². The number of nitrogens with one attached hydrogen (secondary N) is 2. The maximum Gasteiger partial charge on any atom is 0.271 e. The number of hydrogen-bond acceptors (Lipinski definition) is 6. The molecule has 0 aliphatic heterocycles. The first-order chi connectivity index (χ1) is 12.5. The van der Waals surface area contributed by atoms with E-state index in [0.717, 1.165) is 22.7 Å². The first-order valence-corrected chi connectivity index (χ1v) is 10.3. The molecule has 8 heteroatoms. The number of anilines is 3. The minimum Gasteiger partial charge on any atom is -0.497 e. The summed E-state index contributed by atoms with van der Waals surface area (Å²) >= 11 is 1.27. The molecule has 0 saturated carbocycles. The van der Waals surface area contributed by atoms with Gasteiger partial charge >= 0.3 is 0 Å². The van der Waals surface area contributed by atoms with Gasteiger partial charge in [-0.25, -0.2) is 13.4 Å². The molecule has 3 aromatic rings. The average Bonchev–Trinajstić information content (AvgIpc) is 3.14. The van der Waals surface area contributed by atoms with E-state index in [2.05, 4.69) is 15.0 Å². The Bertz CT molecular complexity index is 966. The monoisotopic (exact) mass is 389 g/mol. The number of hydrogen-bond donors (Lipinski definition) is 2. The zero-order valence-corrected chi connectivity index (χ0v) is 16.0. The molecule has 0 unspecified atom stereocenters. The summed E-state index contributed by atoms with van der Waals surface area (Å²) in [5.74, 6) is 1.38. The summed E-state index contributed by atoms with van der Waals surface area (Å²) in [5.41, 5.74) is 1.27. The Kier molecular flexibility index (Phi) is 5.43. The molecule has 0 aliphatic carbocycles. The van der Waals surface area contributed by atoms with Crippen molar-refractivity contribution in [3.05, 3.63) is 59.6 Å². The maximum absolute atomic E-state index is 12.4. The van der Waals surface area contributed by atoms with Gasteiger partial charge in [0.05, 0.1) is 19.0 Å². The van der Waals surface area contributed by atoms with Gasteiger partial charge < -0.3 is 10.1 Å². The zero-order valence-electron chi connectivity index (χ0n) is 14.4. The van der Waals surface area contributed by atoms with Gasteiger partial charge in [0.25, 0.3) is 10.0 Å². The summed E-state index contributed by atoms with van der Waals surface area (Å²) in [7, 11) is -1.97. The quantitative estimate of drug-likeness (QED) is 0.631. The molecule has 2 aromatic heterocycles. The van der Waals surface area contributed by atoms with Crippen molar-refractivity contribution in [1.29, 1.82) is 0 Å². The van der Waals surface area contributed by atoms with Crippen LogP contribution < -0.4 is 14.8 Å². The van der Waals surface area contributed by atoms with Crippen molar-refractivity contribution in [3.8, 4) is 5.75 Å². The van der Waals surface area contributed by atoms with Crippen molar-refractivity contribution < 1.29 is 13.2 Å². The Hall–Kier alpha value is -2.58. The number of methoxy groups -OCH3 is 1. The van der Waals surface area contributed by atoms with Gasteiger partial charge in [0, 0.05) is 10.6 Å². The highest BCUT2D eigenvalue weighted by Gasteiger charge is 2.16. The van der Waals surface area contributed by atoms with Crippen molar-refractivity contribution in [2.24, 2.45) is 0 Å². The van der Waals surface area contributed by atoms with Gasteiger partial charge in [0.1, 0.15) is 15.8 Å². The number of aromatic nitrogens is 1. The van der Waals surface area contributed by atoms with Crippen molar-refractivity contribution >= 4 is 38.6 Å². The van der Waals surface area contributed by atoms with Crippen LogP contribution in [-0.2, 0) is 16.4 Å². The van der Waals surface area contributed by atoms with Gasteiger partial charge in [0.15, 0.2) is 0 Å². The molecule has 0 bridgehead atoms. The number of sulfonamides is 1. The smallest absolute Gasteiger partial charge is 0.271 e. The lowest BCUT2D eigenvalue weighted by Gasteiger charge is -2.09. The Morgan fingerprint density at radius 1 is 1.04 bits per heavy atom. The van der Waals surface area contributed by atoms with E-state index in [4.69, 9.17) is 4.74 Å². The summed E-state index contributed by atoms with van der Waals surface area (Å²) in [4.78, 5) is 5.28. The predicted octanol–water partition coefficient (Wildman–Crippen LogP) is 4.26. The standard InChI is InChI=1S/C18H19N3O3S2/c1-3-16-9-11-18(25-16)26(22,23)21-14-6-10-17(19-12-14)20-13-4-7-15(24-2)8-5-13/h4-12,21H,3H2,1-2H3,(H,19,20). The first kappa shape index (κ1) is 18.2. The van der Waals surface area contributed by atoms with E-state index >= 15 is 0 Å². The van der Waals surface area contributed by atoms with Crippen molar-refractivity contribution in [3.63, 3.8) is 0 Å². The van der Waals surface area contributed by atoms with Gasteiger partial charge in [-0.3, -0.25) is 4.72 Å². The molecule has 136 valence electrons. The maximum atomic E-state index is 12.4. The van der Waals surface area contributed by atoms with Crippen LogP contribution >= 0.6 is 11.3 Å². The van der Waals surface area contributed by atoms with Crippen molar-refractivity contribution in [2.75, 3.05) is 17.1 Å². The fourth-order valence-electron chi connectivity index (χ4n) is 2.25. The molecule has 6 nitrogen and oxygen atoms in total. The number of pyridine rings is 1. The topological polar surface area (TPSA) is 80.3 Å². The molecule has 0 aliphatic rings. The van der Waals surface area contributed by atoms with Crippen LogP contribution in [0.15, 0.2) is 58.9 Å². The molecular formula is C18H19N3O3S2. The van der Waals surface area contributed by atoms with Crippen LogP contribution in [0, 0.1) is 0 Å². The summed E-state index contributed by atoms with van der Waals surface area (Å²) in [5, 5.41) is 3.15. The largest absolute Gasteiger partial charge is 0.497 e. The Morgan fingerprint density at radius 3 is 2.35 bits per heavy atom. The lowest BCUT2D eigenvalue weighted by molar-refractivity contribution is 0.415. The van der Waals surface area contributed by atoms with Gasteiger partial charge in [-0.2, -0.15) is 0 Å². The van der Waals surface area contributed by atoms with Gasteiger partial charge in [-0.05, 0) is 55.0 Å². The third-order valence-electron chi connectivity index (χ3n) is 3.63. The van der Waals surface area contributed by atoms with Crippen LogP contribution in [0.25, 0.3) is 0 Å². The summed E-state index contributed by atoms with van der Waals surface area (Å²) in [6.07, 6.45) is 2.30.